The van der Waals surface area contributed by atoms with Crippen LogP contribution in [0.15, 0.2) is 48.4 Å². The predicted octanol–water partition coefficient (Wildman–Crippen LogP) is 3.22. The molecule has 3 heterocycles. The van der Waals surface area contributed by atoms with Gasteiger partial charge in [0, 0.05) is 35.3 Å². The highest BCUT2D eigenvalue weighted by molar-refractivity contribution is 6.31. The third-order valence-electron chi connectivity index (χ3n) is 5.48. The molecule has 0 radical (unpaired) electrons. The average Bonchev–Trinajstić information content (AvgIpc) is 3.22. The van der Waals surface area contributed by atoms with Gasteiger partial charge in [0.1, 0.15) is 24.3 Å². The molecular weight excluding hydrogens is 461 g/mol. The largest absolute Gasteiger partial charge is 0.490 e. The maximum absolute atomic E-state index is 14.0. The second-order valence-corrected chi connectivity index (χ2v) is 8.33. The van der Waals surface area contributed by atoms with E-state index < -0.39 is 17.8 Å². The van der Waals surface area contributed by atoms with Crippen molar-refractivity contribution in [2.24, 2.45) is 5.73 Å². The molecule has 176 valence electrons. The Morgan fingerprint density at radius 1 is 1.26 bits per heavy atom. The van der Waals surface area contributed by atoms with Crippen molar-refractivity contribution in [3.8, 4) is 5.75 Å². The molecule has 0 spiro atoms. The summed E-state index contributed by atoms with van der Waals surface area (Å²) in [7, 11) is 0. The van der Waals surface area contributed by atoms with Crippen molar-refractivity contribution in [3.05, 3.63) is 87.6 Å². The van der Waals surface area contributed by atoms with Crippen LogP contribution in [0.25, 0.3) is 5.57 Å². The Morgan fingerprint density at radius 2 is 2.00 bits per heavy atom. The van der Waals surface area contributed by atoms with Gasteiger partial charge in [0.25, 0.3) is 5.91 Å². The number of nitrogens with zero attached hydrogens (tertiary/aromatic N) is 4. The number of ether oxygens (including phenoxy) is 1. The number of aryl methyl sites for hydroxylation is 2. The number of aliphatic hydroxyl groups excluding tert-OH is 1. The van der Waals surface area contributed by atoms with Crippen molar-refractivity contribution >= 4 is 23.1 Å². The van der Waals surface area contributed by atoms with Crippen molar-refractivity contribution in [1.82, 2.24) is 19.9 Å². The topological polar surface area (TPSA) is 114 Å². The van der Waals surface area contributed by atoms with Crippen LogP contribution < -0.4 is 10.5 Å². The van der Waals surface area contributed by atoms with E-state index in [1.54, 1.807) is 32.2 Å². The molecule has 0 aliphatic carbocycles. The van der Waals surface area contributed by atoms with Crippen molar-refractivity contribution < 1.29 is 19.0 Å². The van der Waals surface area contributed by atoms with Crippen LogP contribution in [0.1, 0.15) is 39.2 Å². The molecule has 0 saturated carbocycles. The number of pyridine rings is 1. The lowest BCUT2D eigenvalue weighted by Crippen LogP contribution is -2.30. The van der Waals surface area contributed by atoms with Crippen LogP contribution in [-0.4, -0.2) is 50.6 Å². The molecular formula is C24H23ClFN5O3. The third-order valence-corrected chi connectivity index (χ3v) is 6.02. The second kappa shape index (κ2) is 9.74. The summed E-state index contributed by atoms with van der Waals surface area (Å²) in [5.41, 5.74) is 9.26. The number of amides is 1. The Morgan fingerprint density at radius 3 is 2.68 bits per heavy atom. The number of aromatic nitrogens is 3. The van der Waals surface area contributed by atoms with Crippen LogP contribution in [-0.2, 0) is 0 Å². The van der Waals surface area contributed by atoms with Gasteiger partial charge in [-0.2, -0.15) is 0 Å². The number of rotatable bonds is 6. The molecule has 1 aliphatic rings. The standard InChI is InChI=1S/C24H23ClFN5O3/c1-13-22(25)14(2)30-23(29-13)18-10-31(11-19(18)27)24(33)17-6-5-16(26)8-21(17)34-12-20(32)15-4-3-7-28-9-15/h3-9,20,32H,10-12,27H2,1-2H3. The van der Waals surface area contributed by atoms with E-state index in [0.717, 1.165) is 6.07 Å². The van der Waals surface area contributed by atoms with Crippen molar-refractivity contribution in [1.29, 1.82) is 0 Å². The molecule has 34 heavy (non-hydrogen) atoms. The van der Waals surface area contributed by atoms with Crippen LogP contribution in [0, 0.1) is 19.7 Å². The number of aliphatic hydroxyl groups is 1. The highest BCUT2D eigenvalue weighted by Crippen LogP contribution is 2.29. The zero-order valence-electron chi connectivity index (χ0n) is 18.6. The number of carbonyl (C=O) groups is 1. The molecule has 10 heteroatoms. The predicted molar refractivity (Wildman–Crippen MR) is 125 cm³/mol. The number of hydrogen-bond donors (Lipinski definition) is 2. The van der Waals surface area contributed by atoms with Gasteiger partial charge in [-0.3, -0.25) is 9.78 Å². The molecule has 1 unspecified atom stereocenters. The number of hydrogen-bond acceptors (Lipinski definition) is 7. The summed E-state index contributed by atoms with van der Waals surface area (Å²) in [4.78, 5) is 27.6. The van der Waals surface area contributed by atoms with E-state index in [-0.39, 0.29) is 31.0 Å². The van der Waals surface area contributed by atoms with Crippen LogP contribution in [0.4, 0.5) is 4.39 Å². The van der Waals surface area contributed by atoms with Gasteiger partial charge >= 0.3 is 0 Å². The molecule has 1 aromatic carbocycles. The molecule has 4 rings (SSSR count). The lowest BCUT2D eigenvalue weighted by atomic mass is 10.1. The third kappa shape index (κ3) is 4.85. The minimum atomic E-state index is -0.996. The van der Waals surface area contributed by atoms with Crippen LogP contribution in [0.2, 0.25) is 5.02 Å². The fourth-order valence-corrected chi connectivity index (χ4v) is 3.73. The maximum Gasteiger partial charge on any atom is 0.258 e. The first kappa shape index (κ1) is 23.6. The van der Waals surface area contributed by atoms with Gasteiger partial charge in [-0.05, 0) is 32.0 Å². The number of benzene rings is 1. The second-order valence-electron chi connectivity index (χ2n) is 7.95. The van der Waals surface area contributed by atoms with Gasteiger partial charge in [0.15, 0.2) is 5.82 Å². The number of halogens is 2. The van der Waals surface area contributed by atoms with Crippen LogP contribution in [0.3, 0.4) is 0 Å². The zero-order chi connectivity index (χ0) is 24.4. The smallest absolute Gasteiger partial charge is 0.258 e. The Kier molecular flexibility index (Phi) is 6.76. The first-order valence-corrected chi connectivity index (χ1v) is 10.9. The van der Waals surface area contributed by atoms with E-state index >= 15 is 0 Å². The summed E-state index contributed by atoms with van der Waals surface area (Å²) in [5, 5.41) is 10.8. The maximum atomic E-state index is 14.0. The summed E-state index contributed by atoms with van der Waals surface area (Å²) < 4.78 is 19.6. The fraction of sp³-hybridized carbons (Fsp3) is 0.250. The Balaban J connectivity index is 1.52. The lowest BCUT2D eigenvalue weighted by molar-refractivity contribution is 0.0782. The summed E-state index contributed by atoms with van der Waals surface area (Å²) >= 11 is 6.17. The lowest BCUT2D eigenvalue weighted by Gasteiger charge is -2.20. The van der Waals surface area contributed by atoms with Gasteiger partial charge in [-0.1, -0.05) is 17.7 Å². The molecule has 0 fully saturated rings. The highest BCUT2D eigenvalue weighted by atomic mass is 35.5. The molecule has 3 N–H and O–H groups in total. The monoisotopic (exact) mass is 483 g/mol. The van der Waals surface area contributed by atoms with E-state index in [9.17, 15) is 14.3 Å². The molecule has 1 aliphatic heterocycles. The summed E-state index contributed by atoms with van der Waals surface area (Å²) in [6, 6.07) is 7.03. The molecule has 0 saturated heterocycles. The van der Waals surface area contributed by atoms with Crippen LogP contribution >= 0.6 is 11.6 Å². The Hall–Kier alpha value is -3.56. The summed E-state index contributed by atoms with van der Waals surface area (Å²) in [6.07, 6.45) is 2.10. The zero-order valence-corrected chi connectivity index (χ0v) is 19.4. The molecule has 1 amide bonds. The molecule has 1 atom stereocenters. The van der Waals surface area contributed by atoms with Crippen molar-refractivity contribution in [2.45, 2.75) is 20.0 Å². The molecule has 3 aromatic rings. The van der Waals surface area contributed by atoms with Crippen LogP contribution in [0.5, 0.6) is 5.75 Å². The average molecular weight is 484 g/mol. The van der Waals surface area contributed by atoms with E-state index in [0.29, 0.717) is 39.1 Å². The van der Waals surface area contributed by atoms with E-state index in [4.69, 9.17) is 22.1 Å². The Bertz CT molecular complexity index is 1250. The Labute approximate surface area is 200 Å². The van der Waals surface area contributed by atoms with E-state index in [1.165, 1.54) is 23.2 Å². The van der Waals surface area contributed by atoms with Gasteiger partial charge < -0.3 is 20.5 Å². The van der Waals surface area contributed by atoms with Gasteiger partial charge in [0.2, 0.25) is 0 Å². The quantitative estimate of drug-likeness (QED) is 0.553. The van der Waals surface area contributed by atoms with Gasteiger partial charge in [-0.25, -0.2) is 14.4 Å². The molecule has 2 aromatic heterocycles. The molecule has 8 nitrogen and oxygen atoms in total. The van der Waals surface area contributed by atoms with E-state index in [2.05, 4.69) is 15.0 Å². The fourth-order valence-electron chi connectivity index (χ4n) is 3.65. The van der Waals surface area contributed by atoms with Crippen molar-refractivity contribution in [3.63, 3.8) is 0 Å². The van der Waals surface area contributed by atoms with Crippen molar-refractivity contribution in [2.75, 3.05) is 19.7 Å². The first-order chi connectivity index (χ1) is 16.2. The molecule has 0 bridgehead atoms. The van der Waals surface area contributed by atoms with Gasteiger partial charge in [0.05, 0.1) is 35.1 Å². The summed E-state index contributed by atoms with van der Waals surface area (Å²) in [6.45, 7) is 3.71. The SMILES string of the molecule is Cc1nc(C2=C(N)CN(C(=O)c3ccc(F)cc3OCC(O)c3cccnc3)C2)nc(C)c1Cl. The minimum Gasteiger partial charge on any atom is -0.490 e. The summed E-state index contributed by atoms with van der Waals surface area (Å²) in [5.74, 6) is -0.523. The van der Waals surface area contributed by atoms with E-state index in [1.807, 2.05) is 0 Å². The minimum absolute atomic E-state index is 0.0226. The normalized spacial score (nSPS) is 14.4. The number of carbonyl (C=O) groups excluding carboxylic acids is 1. The highest BCUT2D eigenvalue weighted by Gasteiger charge is 2.30. The number of nitrogens with two attached hydrogens (primary N) is 1. The first-order valence-electron chi connectivity index (χ1n) is 10.5. The van der Waals surface area contributed by atoms with Gasteiger partial charge in [-0.15, -0.1) is 0 Å².